The van der Waals surface area contributed by atoms with Gasteiger partial charge in [0, 0.05) is 6.42 Å². The Labute approximate surface area is 552 Å². The Kier molecular flexibility index (Phi) is 66.5. The third-order valence-electron chi connectivity index (χ3n) is 19.2. The predicted molar refractivity (Wildman–Crippen MR) is 383 cm³/mol. The average Bonchev–Trinajstić information content (AvgIpc) is 3.44. The summed E-state index contributed by atoms with van der Waals surface area (Å²) in [6, 6.07) is -0.829. The van der Waals surface area contributed by atoms with Gasteiger partial charge in [0.15, 0.2) is 6.29 Å². The molecular weight excluding hydrogens is 1100 g/mol. The van der Waals surface area contributed by atoms with Crippen LogP contribution in [0.4, 0.5) is 0 Å². The first kappa shape index (κ1) is 85.4. The number of hydrogen-bond acceptors (Lipinski definition) is 8. The zero-order valence-corrected chi connectivity index (χ0v) is 59.2. The molecule has 0 bridgehead atoms. The van der Waals surface area contributed by atoms with Crippen molar-refractivity contribution in [2.45, 2.75) is 455 Å². The van der Waals surface area contributed by atoms with Crippen LogP contribution in [0.25, 0.3) is 0 Å². The fraction of sp³-hybridized carbons (Fsp3) is 0.912. The topological polar surface area (TPSA) is 149 Å². The fourth-order valence-electron chi connectivity index (χ4n) is 13.0. The van der Waals surface area contributed by atoms with Gasteiger partial charge in [-0.05, 0) is 44.9 Å². The van der Waals surface area contributed by atoms with Crippen molar-refractivity contribution in [1.29, 1.82) is 0 Å². The summed E-state index contributed by atoms with van der Waals surface area (Å²) in [5.74, 6) is -0.182. The van der Waals surface area contributed by atoms with E-state index < -0.39 is 49.5 Å². The number of rotatable bonds is 71. The Morgan fingerprint density at radius 1 is 0.371 bits per heavy atom. The van der Waals surface area contributed by atoms with Gasteiger partial charge in [-0.2, -0.15) is 0 Å². The number of allylic oxidation sites excluding steroid dienone is 5. The second-order valence-corrected chi connectivity index (χ2v) is 27.9. The third kappa shape index (κ3) is 57.6. The largest absolute Gasteiger partial charge is 0.394 e. The molecule has 1 amide bonds. The molecule has 1 fully saturated rings. The van der Waals surface area contributed by atoms with Gasteiger partial charge in [0.25, 0.3) is 0 Å². The Morgan fingerprint density at radius 2 is 0.640 bits per heavy atom. The lowest BCUT2D eigenvalue weighted by atomic mass is 9.99. The highest BCUT2D eigenvalue weighted by molar-refractivity contribution is 5.76. The van der Waals surface area contributed by atoms with E-state index >= 15 is 0 Å². The summed E-state index contributed by atoms with van der Waals surface area (Å²) in [5.41, 5.74) is 0. The molecule has 9 heteroatoms. The minimum Gasteiger partial charge on any atom is -0.394 e. The number of ether oxygens (including phenoxy) is 2. The normalized spacial score (nSPS) is 17.9. The highest BCUT2D eigenvalue weighted by atomic mass is 16.7. The van der Waals surface area contributed by atoms with Crippen LogP contribution in [0.3, 0.4) is 0 Å². The van der Waals surface area contributed by atoms with Crippen LogP contribution >= 0.6 is 0 Å². The summed E-state index contributed by atoms with van der Waals surface area (Å²) in [4.78, 5) is 13.2. The molecule has 0 saturated carbocycles. The Hall–Kier alpha value is -1.59. The number of carbonyl (C=O) groups is 1. The smallest absolute Gasteiger partial charge is 0.220 e. The Balaban J connectivity index is 2.09. The number of amides is 1. The van der Waals surface area contributed by atoms with E-state index in [4.69, 9.17) is 9.47 Å². The van der Waals surface area contributed by atoms with E-state index in [0.29, 0.717) is 6.42 Å². The lowest BCUT2D eigenvalue weighted by Crippen LogP contribution is -2.60. The van der Waals surface area contributed by atoms with Crippen LogP contribution in [0.2, 0.25) is 0 Å². The van der Waals surface area contributed by atoms with Gasteiger partial charge in [0.2, 0.25) is 5.91 Å². The molecule has 1 aliphatic rings. The molecule has 7 atom stereocenters. The van der Waals surface area contributed by atoms with Gasteiger partial charge in [-0.25, -0.2) is 0 Å². The SMILES string of the molecule is CCCCCCCCCCCCCCCCCCCCCCC/C=C/CC/C=C/CC/C=C/C(O)C(COC1OC(CO)C(O)C(O)C1O)NC(=O)CCCCCCCCCCCCCCCCCCCCCCCCCCCCCCCCCCCCC. The van der Waals surface area contributed by atoms with Gasteiger partial charge in [0.05, 0.1) is 25.4 Å². The molecule has 1 rings (SSSR count). The minimum atomic E-state index is -1.58. The number of aliphatic hydroxyl groups excluding tert-OH is 5. The van der Waals surface area contributed by atoms with Gasteiger partial charge < -0.3 is 40.3 Å². The summed E-state index contributed by atoms with van der Waals surface area (Å²) in [5, 5.41) is 54.8. The predicted octanol–water partition coefficient (Wildman–Crippen LogP) is 22.5. The quantitative estimate of drug-likeness (QED) is 0.0261. The maximum Gasteiger partial charge on any atom is 0.220 e. The van der Waals surface area contributed by atoms with Crippen molar-refractivity contribution in [2.75, 3.05) is 13.2 Å². The Morgan fingerprint density at radius 3 is 0.944 bits per heavy atom. The molecule has 0 aromatic rings. The van der Waals surface area contributed by atoms with E-state index in [9.17, 15) is 30.3 Å². The fourth-order valence-corrected chi connectivity index (χ4v) is 13.0. The van der Waals surface area contributed by atoms with Crippen LogP contribution < -0.4 is 5.32 Å². The van der Waals surface area contributed by atoms with Crippen LogP contribution in [0.5, 0.6) is 0 Å². The molecule has 0 radical (unpaired) electrons. The van der Waals surface area contributed by atoms with Crippen molar-refractivity contribution >= 4 is 5.91 Å². The molecule has 1 heterocycles. The van der Waals surface area contributed by atoms with Gasteiger partial charge in [-0.1, -0.05) is 397 Å². The average molecular weight is 1260 g/mol. The summed E-state index contributed by atoms with van der Waals surface area (Å²) in [7, 11) is 0. The molecule has 89 heavy (non-hydrogen) atoms. The van der Waals surface area contributed by atoms with E-state index in [1.165, 1.54) is 347 Å². The first-order valence-corrected chi connectivity index (χ1v) is 39.7. The van der Waals surface area contributed by atoms with Crippen molar-refractivity contribution in [3.05, 3.63) is 36.5 Å². The van der Waals surface area contributed by atoms with Crippen molar-refractivity contribution < 1.29 is 39.8 Å². The number of carbonyl (C=O) groups excluding carboxylic acids is 1. The van der Waals surface area contributed by atoms with Gasteiger partial charge >= 0.3 is 0 Å². The molecule has 1 saturated heterocycles. The number of hydrogen-bond donors (Lipinski definition) is 6. The molecule has 0 aliphatic carbocycles. The molecule has 7 unspecified atom stereocenters. The standard InChI is InChI=1S/C80H153NO8/c1-3-5-7-9-11-13-15-17-19-21-23-25-27-29-31-33-35-36-37-38-40-42-44-46-48-50-52-54-56-58-60-62-64-66-68-70-76(84)81-73(72-88-80-79(87)78(86)77(85)75(71-82)89-80)74(83)69-67-65-63-61-59-57-55-53-51-49-47-45-43-41-39-34-32-30-28-26-24-22-20-18-16-14-12-10-8-6-4-2/h51,53,59,61,67,69,73-75,77-80,82-83,85-87H,3-50,52,54-58,60,62-66,68,70-72H2,1-2H3,(H,81,84)/b53-51+,61-59+,69-67+. The first-order chi connectivity index (χ1) is 43.8. The zero-order chi connectivity index (χ0) is 64.2. The van der Waals surface area contributed by atoms with Crippen molar-refractivity contribution in [2.24, 2.45) is 0 Å². The van der Waals surface area contributed by atoms with Gasteiger partial charge in [0.1, 0.15) is 24.4 Å². The number of unbranched alkanes of at least 4 members (excludes halogenated alkanes) is 57. The molecule has 1 aliphatic heterocycles. The molecule has 526 valence electrons. The molecular formula is C80H153NO8. The molecule has 9 nitrogen and oxygen atoms in total. The number of aliphatic hydroxyl groups is 5. The summed E-state index contributed by atoms with van der Waals surface area (Å²) in [6.07, 6.45) is 87.4. The molecule has 0 aromatic heterocycles. The summed E-state index contributed by atoms with van der Waals surface area (Å²) < 4.78 is 11.3. The highest BCUT2D eigenvalue weighted by Crippen LogP contribution is 2.24. The maximum absolute atomic E-state index is 13.2. The number of nitrogens with one attached hydrogen (secondary N) is 1. The van der Waals surface area contributed by atoms with Crippen LogP contribution in [-0.2, 0) is 14.3 Å². The van der Waals surface area contributed by atoms with E-state index in [1.54, 1.807) is 6.08 Å². The summed E-state index contributed by atoms with van der Waals surface area (Å²) >= 11 is 0. The van der Waals surface area contributed by atoms with Crippen LogP contribution in [0.15, 0.2) is 36.5 Å². The third-order valence-corrected chi connectivity index (χ3v) is 19.2. The van der Waals surface area contributed by atoms with Gasteiger partial charge in [-0.3, -0.25) is 4.79 Å². The van der Waals surface area contributed by atoms with Crippen LogP contribution in [0, 0.1) is 0 Å². The Bertz CT molecular complexity index is 1500. The van der Waals surface area contributed by atoms with Crippen molar-refractivity contribution in [3.63, 3.8) is 0 Å². The van der Waals surface area contributed by atoms with E-state index in [-0.39, 0.29) is 12.5 Å². The monoisotopic (exact) mass is 1260 g/mol. The lowest BCUT2D eigenvalue weighted by molar-refractivity contribution is -0.302. The first-order valence-electron chi connectivity index (χ1n) is 39.7. The molecule has 0 aromatic carbocycles. The minimum absolute atomic E-state index is 0.182. The van der Waals surface area contributed by atoms with Crippen molar-refractivity contribution in [1.82, 2.24) is 5.32 Å². The molecule has 0 spiro atoms. The van der Waals surface area contributed by atoms with Crippen LogP contribution in [-0.4, -0.2) is 87.5 Å². The zero-order valence-electron chi connectivity index (χ0n) is 59.2. The molecule has 6 N–H and O–H groups in total. The van der Waals surface area contributed by atoms with E-state index in [2.05, 4.69) is 43.5 Å². The second kappa shape index (κ2) is 69.2. The maximum atomic E-state index is 13.2. The summed E-state index contributed by atoms with van der Waals surface area (Å²) in [6.45, 7) is 3.83. The van der Waals surface area contributed by atoms with E-state index in [1.807, 2.05) is 6.08 Å². The van der Waals surface area contributed by atoms with Crippen LogP contribution in [0.1, 0.15) is 412 Å². The lowest BCUT2D eigenvalue weighted by Gasteiger charge is -2.40. The second-order valence-electron chi connectivity index (χ2n) is 27.9. The van der Waals surface area contributed by atoms with E-state index in [0.717, 1.165) is 44.9 Å². The van der Waals surface area contributed by atoms with Crippen molar-refractivity contribution in [3.8, 4) is 0 Å². The highest BCUT2D eigenvalue weighted by Gasteiger charge is 2.44. The van der Waals surface area contributed by atoms with Gasteiger partial charge in [-0.15, -0.1) is 0 Å².